The molecule has 0 amide bonds. The Morgan fingerprint density at radius 2 is 2.00 bits per heavy atom. The predicted molar refractivity (Wildman–Crippen MR) is 61.3 cm³/mol. The van der Waals surface area contributed by atoms with Crippen LogP contribution in [0.25, 0.3) is 11.3 Å². The Bertz CT molecular complexity index is 546. The Balaban J connectivity index is 2.50. The van der Waals surface area contributed by atoms with Gasteiger partial charge in [-0.25, -0.2) is 4.79 Å². The van der Waals surface area contributed by atoms with Crippen LogP contribution in [0.2, 0.25) is 0 Å². The molecule has 5 nitrogen and oxygen atoms in total. The zero-order valence-electron chi connectivity index (χ0n) is 8.73. The van der Waals surface area contributed by atoms with Gasteiger partial charge in [-0.3, -0.25) is 0 Å². The maximum atomic E-state index is 11.1. The average molecular weight is 217 g/mol. The molecule has 0 atom stereocenters. The molecule has 1 aromatic heterocycles. The lowest BCUT2D eigenvalue weighted by atomic mass is 10.1. The topological polar surface area (TPSA) is 81.0 Å². The first kappa shape index (κ1) is 10.2. The van der Waals surface area contributed by atoms with Gasteiger partial charge in [0, 0.05) is 5.56 Å². The van der Waals surface area contributed by atoms with E-state index in [4.69, 9.17) is 10.5 Å². The number of methoxy groups -OCH3 is 1. The number of hydrogen-bond acceptors (Lipinski definition) is 4. The van der Waals surface area contributed by atoms with Crippen LogP contribution < -0.4 is 16.2 Å². The van der Waals surface area contributed by atoms with Crippen molar-refractivity contribution in [2.75, 3.05) is 12.8 Å². The molecule has 0 unspecified atom stereocenters. The fourth-order valence-corrected chi connectivity index (χ4v) is 1.40. The van der Waals surface area contributed by atoms with E-state index < -0.39 is 5.69 Å². The third kappa shape index (κ3) is 1.88. The molecule has 0 fully saturated rings. The molecule has 2 aromatic rings. The number of H-pyrrole nitrogens is 1. The number of anilines is 1. The lowest BCUT2D eigenvalue weighted by Gasteiger charge is -2.05. The molecule has 82 valence electrons. The Hall–Kier alpha value is -2.30. The number of nitrogen functional groups attached to an aromatic ring is 1. The van der Waals surface area contributed by atoms with Crippen LogP contribution in [0.15, 0.2) is 35.3 Å². The lowest BCUT2D eigenvalue weighted by Crippen LogP contribution is -2.12. The summed E-state index contributed by atoms with van der Waals surface area (Å²) in [6, 6.07) is 7.24. The van der Waals surface area contributed by atoms with Gasteiger partial charge in [-0.15, -0.1) is 0 Å². The molecule has 1 aromatic carbocycles. The third-order valence-electron chi connectivity index (χ3n) is 2.22. The largest absolute Gasteiger partial charge is 0.497 e. The number of nitrogens with zero attached hydrogens (tertiary/aromatic N) is 1. The summed E-state index contributed by atoms with van der Waals surface area (Å²) in [5.74, 6) is 0.749. The van der Waals surface area contributed by atoms with Gasteiger partial charge < -0.3 is 15.5 Å². The molecule has 0 radical (unpaired) electrons. The van der Waals surface area contributed by atoms with Crippen molar-refractivity contribution in [3.8, 4) is 17.0 Å². The number of benzene rings is 1. The molecular weight excluding hydrogens is 206 g/mol. The van der Waals surface area contributed by atoms with Crippen LogP contribution in [0.3, 0.4) is 0 Å². The zero-order valence-corrected chi connectivity index (χ0v) is 8.73. The van der Waals surface area contributed by atoms with E-state index in [9.17, 15) is 4.79 Å². The Morgan fingerprint density at radius 1 is 1.31 bits per heavy atom. The van der Waals surface area contributed by atoms with Gasteiger partial charge in [-0.2, -0.15) is 4.98 Å². The van der Waals surface area contributed by atoms with Gasteiger partial charge in [0.2, 0.25) is 0 Å². The van der Waals surface area contributed by atoms with Gasteiger partial charge in [0.25, 0.3) is 0 Å². The Morgan fingerprint density at radius 3 is 2.62 bits per heavy atom. The molecular formula is C11H11N3O2. The smallest absolute Gasteiger partial charge is 0.345 e. The quantitative estimate of drug-likeness (QED) is 0.787. The maximum absolute atomic E-state index is 11.1. The van der Waals surface area contributed by atoms with Gasteiger partial charge in [-0.1, -0.05) is 0 Å². The van der Waals surface area contributed by atoms with Crippen LogP contribution in [0.1, 0.15) is 0 Å². The van der Waals surface area contributed by atoms with Gasteiger partial charge in [0.1, 0.15) is 5.75 Å². The number of aromatic amines is 1. The lowest BCUT2D eigenvalue weighted by molar-refractivity contribution is 0.415. The number of aromatic nitrogens is 2. The highest BCUT2D eigenvalue weighted by atomic mass is 16.5. The van der Waals surface area contributed by atoms with Crippen LogP contribution in [0.4, 0.5) is 5.69 Å². The maximum Gasteiger partial charge on any atom is 0.345 e. The average Bonchev–Trinajstić information content (AvgIpc) is 2.32. The van der Waals surface area contributed by atoms with Crippen LogP contribution in [-0.2, 0) is 0 Å². The van der Waals surface area contributed by atoms with Gasteiger partial charge in [0.05, 0.1) is 24.7 Å². The van der Waals surface area contributed by atoms with Crippen molar-refractivity contribution in [1.29, 1.82) is 0 Å². The molecule has 0 aliphatic rings. The van der Waals surface area contributed by atoms with Crippen molar-refractivity contribution in [3.63, 3.8) is 0 Å². The zero-order chi connectivity index (χ0) is 11.5. The summed E-state index contributed by atoms with van der Waals surface area (Å²) >= 11 is 0. The minimum Gasteiger partial charge on any atom is -0.497 e. The minimum atomic E-state index is -0.417. The standard InChI is InChI=1S/C11H11N3O2/c1-16-8-4-2-7(3-5-8)10-9(12)6-13-11(15)14-10/h2-6H,12H2,1H3,(H,13,14,15). The normalized spacial score (nSPS) is 10.1. The monoisotopic (exact) mass is 217 g/mol. The van der Waals surface area contributed by atoms with E-state index in [0.29, 0.717) is 11.4 Å². The van der Waals surface area contributed by atoms with Crippen LogP contribution in [0, 0.1) is 0 Å². The molecule has 5 heteroatoms. The number of nitrogens with two attached hydrogens (primary N) is 1. The third-order valence-corrected chi connectivity index (χ3v) is 2.22. The number of ether oxygens (including phenoxy) is 1. The van der Waals surface area contributed by atoms with Gasteiger partial charge in [-0.05, 0) is 24.3 Å². The van der Waals surface area contributed by atoms with Crippen molar-refractivity contribution in [2.45, 2.75) is 0 Å². The summed E-state index contributed by atoms with van der Waals surface area (Å²) in [5, 5.41) is 0. The highest BCUT2D eigenvalue weighted by Crippen LogP contribution is 2.23. The molecule has 0 aliphatic heterocycles. The summed E-state index contributed by atoms with van der Waals surface area (Å²) in [6.45, 7) is 0. The van der Waals surface area contributed by atoms with Crippen molar-refractivity contribution in [1.82, 2.24) is 9.97 Å². The first-order chi connectivity index (χ1) is 7.70. The fraction of sp³-hybridized carbons (Fsp3) is 0.0909. The van der Waals surface area contributed by atoms with Crippen LogP contribution >= 0.6 is 0 Å². The summed E-state index contributed by atoms with van der Waals surface area (Å²) < 4.78 is 5.04. The van der Waals surface area contributed by atoms with E-state index in [1.807, 2.05) is 12.1 Å². The Labute approximate surface area is 91.9 Å². The molecule has 3 N–H and O–H groups in total. The highest BCUT2D eigenvalue weighted by Gasteiger charge is 2.04. The van der Waals surface area contributed by atoms with Crippen molar-refractivity contribution in [3.05, 3.63) is 40.9 Å². The molecule has 0 saturated carbocycles. The molecule has 16 heavy (non-hydrogen) atoms. The van der Waals surface area contributed by atoms with E-state index >= 15 is 0 Å². The SMILES string of the molecule is COc1ccc(-c2[nH]c(=O)ncc2N)cc1. The summed E-state index contributed by atoms with van der Waals surface area (Å²) in [4.78, 5) is 17.2. The first-order valence-corrected chi connectivity index (χ1v) is 4.70. The minimum absolute atomic E-state index is 0.417. The van der Waals surface area contributed by atoms with Crippen molar-refractivity contribution >= 4 is 5.69 Å². The molecule has 2 rings (SSSR count). The van der Waals surface area contributed by atoms with E-state index in [2.05, 4.69) is 9.97 Å². The second-order valence-electron chi connectivity index (χ2n) is 3.25. The first-order valence-electron chi connectivity index (χ1n) is 4.70. The Kier molecular flexibility index (Phi) is 2.59. The molecule has 0 bridgehead atoms. The number of rotatable bonds is 2. The fourth-order valence-electron chi connectivity index (χ4n) is 1.40. The second kappa shape index (κ2) is 4.06. The van der Waals surface area contributed by atoms with E-state index in [1.165, 1.54) is 6.20 Å². The molecule has 0 spiro atoms. The van der Waals surface area contributed by atoms with Crippen molar-refractivity contribution in [2.24, 2.45) is 0 Å². The van der Waals surface area contributed by atoms with Crippen LogP contribution in [-0.4, -0.2) is 17.1 Å². The van der Waals surface area contributed by atoms with Crippen LogP contribution in [0.5, 0.6) is 5.75 Å². The van der Waals surface area contributed by atoms with Gasteiger partial charge in [0.15, 0.2) is 0 Å². The molecule has 0 aliphatic carbocycles. The summed E-state index contributed by atoms with van der Waals surface area (Å²) in [7, 11) is 1.59. The van der Waals surface area contributed by atoms with E-state index in [1.54, 1.807) is 19.2 Å². The number of hydrogen-bond donors (Lipinski definition) is 2. The van der Waals surface area contributed by atoms with E-state index in [0.717, 1.165) is 11.3 Å². The number of nitrogens with one attached hydrogen (secondary N) is 1. The highest BCUT2D eigenvalue weighted by molar-refractivity contribution is 5.71. The predicted octanol–water partition coefficient (Wildman–Crippen LogP) is 1.03. The summed E-state index contributed by atoms with van der Waals surface area (Å²) in [6.07, 6.45) is 1.35. The second-order valence-corrected chi connectivity index (χ2v) is 3.25. The summed E-state index contributed by atoms with van der Waals surface area (Å²) in [5.41, 5.74) is 7.14. The van der Waals surface area contributed by atoms with Gasteiger partial charge >= 0.3 is 5.69 Å². The van der Waals surface area contributed by atoms with Crippen molar-refractivity contribution < 1.29 is 4.74 Å². The molecule has 1 heterocycles. The molecule has 0 saturated heterocycles. The van der Waals surface area contributed by atoms with E-state index in [-0.39, 0.29) is 0 Å².